The molecule has 0 saturated carbocycles. The van der Waals surface area contributed by atoms with Crippen LogP contribution in [0.1, 0.15) is 23.1 Å². The van der Waals surface area contributed by atoms with Crippen LogP contribution < -0.4 is 9.64 Å². The Bertz CT molecular complexity index is 933. The third kappa shape index (κ3) is 3.78. The van der Waals surface area contributed by atoms with Gasteiger partial charge in [0.1, 0.15) is 23.2 Å². The number of methoxy groups -OCH3 is 1. The Balaban J connectivity index is 1.70. The van der Waals surface area contributed by atoms with Crippen molar-refractivity contribution in [1.29, 1.82) is 0 Å². The quantitative estimate of drug-likeness (QED) is 0.688. The summed E-state index contributed by atoms with van der Waals surface area (Å²) in [5, 5.41) is -0.113. The molecule has 1 N–H and O–H groups in total. The second kappa shape index (κ2) is 7.60. The van der Waals surface area contributed by atoms with Gasteiger partial charge in [-0.2, -0.15) is 0 Å². The highest BCUT2D eigenvalue weighted by atomic mass is 32.2. The maximum absolute atomic E-state index is 14.4. The Hall–Kier alpha value is -2.54. The normalized spacial score (nSPS) is 16.7. The minimum Gasteiger partial charge on any atom is -0.497 e. The van der Waals surface area contributed by atoms with Crippen molar-refractivity contribution >= 4 is 17.4 Å². The molecule has 2 aromatic carbocycles. The predicted octanol–water partition coefficient (Wildman–Crippen LogP) is 4.94. The third-order valence-corrected chi connectivity index (χ3v) is 6.00. The van der Waals surface area contributed by atoms with E-state index >= 15 is 0 Å². The molecule has 2 heterocycles. The topological polar surface area (TPSA) is 41.1 Å². The molecule has 3 aromatic rings. The Kier molecular flexibility index (Phi) is 5.03. The summed E-state index contributed by atoms with van der Waals surface area (Å²) in [5.74, 6) is 0.556. The minimum absolute atomic E-state index is 0.113. The van der Waals surface area contributed by atoms with Crippen molar-refractivity contribution in [2.75, 3.05) is 18.6 Å². The largest absolute Gasteiger partial charge is 0.497 e. The van der Waals surface area contributed by atoms with E-state index in [1.54, 1.807) is 37.3 Å². The standard InChI is InChI=1S/C20H19F2N3OS/c1-26-14-3-5-17-19(11-14)27-18(15-4-2-13(21)10-16(15)22)6-9-25(17)12-20-23-7-8-24-20/h2-5,7-8,10-11,18H,6,9,12H2,1H3,(H,23,24)/t18-/m0/s1. The van der Waals surface area contributed by atoms with Gasteiger partial charge in [0.05, 0.1) is 19.3 Å². The molecule has 0 aliphatic carbocycles. The Morgan fingerprint density at radius 2 is 2.15 bits per heavy atom. The lowest BCUT2D eigenvalue weighted by atomic mass is 10.1. The molecule has 0 bridgehead atoms. The van der Waals surface area contributed by atoms with Crippen LogP contribution in [-0.2, 0) is 6.54 Å². The number of hydrogen-bond donors (Lipinski definition) is 1. The number of ether oxygens (including phenoxy) is 1. The van der Waals surface area contributed by atoms with Crippen LogP contribution in [0.5, 0.6) is 5.75 Å². The van der Waals surface area contributed by atoms with E-state index in [0.29, 0.717) is 12.1 Å². The molecule has 0 spiro atoms. The van der Waals surface area contributed by atoms with Crippen LogP contribution in [0.2, 0.25) is 0 Å². The van der Waals surface area contributed by atoms with Crippen LogP contribution in [0.25, 0.3) is 0 Å². The van der Waals surface area contributed by atoms with Gasteiger partial charge in [-0.05, 0) is 30.7 Å². The molecule has 0 unspecified atom stereocenters. The third-order valence-electron chi connectivity index (χ3n) is 4.64. The monoisotopic (exact) mass is 387 g/mol. The molecule has 7 heteroatoms. The van der Waals surface area contributed by atoms with Gasteiger partial charge in [0, 0.05) is 40.7 Å². The van der Waals surface area contributed by atoms with Crippen molar-refractivity contribution in [3.63, 3.8) is 0 Å². The van der Waals surface area contributed by atoms with Gasteiger partial charge in [-0.3, -0.25) is 0 Å². The van der Waals surface area contributed by atoms with Gasteiger partial charge in [0.2, 0.25) is 0 Å². The average Bonchev–Trinajstić information content (AvgIpc) is 3.10. The number of benzene rings is 2. The average molecular weight is 387 g/mol. The summed E-state index contributed by atoms with van der Waals surface area (Å²) in [6.45, 7) is 1.36. The van der Waals surface area contributed by atoms with E-state index in [-0.39, 0.29) is 5.25 Å². The number of halogens is 2. The zero-order valence-corrected chi connectivity index (χ0v) is 15.6. The Morgan fingerprint density at radius 1 is 1.26 bits per heavy atom. The first-order valence-corrected chi connectivity index (χ1v) is 9.55. The summed E-state index contributed by atoms with van der Waals surface area (Å²) in [7, 11) is 1.63. The lowest BCUT2D eigenvalue weighted by Gasteiger charge is -2.23. The van der Waals surface area contributed by atoms with Crippen molar-refractivity contribution in [3.05, 3.63) is 71.8 Å². The zero-order chi connectivity index (χ0) is 18.8. The molecule has 1 aliphatic rings. The first-order chi connectivity index (χ1) is 13.1. The highest BCUT2D eigenvalue weighted by Gasteiger charge is 2.26. The van der Waals surface area contributed by atoms with Crippen LogP contribution >= 0.6 is 11.8 Å². The van der Waals surface area contributed by atoms with Crippen LogP contribution in [0, 0.1) is 11.6 Å². The summed E-state index contributed by atoms with van der Waals surface area (Å²) >= 11 is 1.58. The highest BCUT2D eigenvalue weighted by Crippen LogP contribution is 2.47. The summed E-state index contributed by atoms with van der Waals surface area (Å²) in [4.78, 5) is 10.7. The molecule has 4 rings (SSSR count). The van der Waals surface area contributed by atoms with E-state index < -0.39 is 11.6 Å². The lowest BCUT2D eigenvalue weighted by molar-refractivity contribution is 0.413. The molecule has 1 atom stereocenters. The van der Waals surface area contributed by atoms with E-state index in [9.17, 15) is 8.78 Å². The molecule has 27 heavy (non-hydrogen) atoms. The van der Waals surface area contributed by atoms with Crippen molar-refractivity contribution in [2.24, 2.45) is 0 Å². The van der Waals surface area contributed by atoms with E-state index in [1.165, 1.54) is 6.07 Å². The van der Waals surface area contributed by atoms with E-state index in [4.69, 9.17) is 4.74 Å². The maximum Gasteiger partial charge on any atom is 0.130 e. The predicted molar refractivity (Wildman–Crippen MR) is 102 cm³/mol. The second-order valence-electron chi connectivity index (χ2n) is 6.35. The summed E-state index contributed by atoms with van der Waals surface area (Å²) in [6, 6.07) is 9.73. The van der Waals surface area contributed by atoms with E-state index in [0.717, 1.165) is 41.2 Å². The minimum atomic E-state index is -0.559. The van der Waals surface area contributed by atoms with Crippen molar-refractivity contribution in [3.8, 4) is 5.75 Å². The van der Waals surface area contributed by atoms with Gasteiger partial charge < -0.3 is 14.6 Å². The molecular formula is C20H19F2N3OS. The number of imidazole rings is 1. The fraction of sp³-hybridized carbons (Fsp3) is 0.250. The van der Waals surface area contributed by atoms with Crippen LogP contribution in [0.4, 0.5) is 14.5 Å². The fourth-order valence-corrected chi connectivity index (χ4v) is 4.64. The molecule has 1 aromatic heterocycles. The van der Waals surface area contributed by atoms with Gasteiger partial charge in [-0.15, -0.1) is 11.8 Å². The molecule has 0 radical (unpaired) electrons. The molecule has 0 saturated heterocycles. The Morgan fingerprint density at radius 3 is 2.89 bits per heavy atom. The molecule has 1 aliphatic heterocycles. The van der Waals surface area contributed by atoms with Crippen LogP contribution in [0.3, 0.4) is 0 Å². The van der Waals surface area contributed by atoms with Gasteiger partial charge in [-0.25, -0.2) is 13.8 Å². The number of thioether (sulfide) groups is 1. The van der Waals surface area contributed by atoms with E-state index in [1.807, 2.05) is 18.2 Å². The molecule has 140 valence electrons. The number of anilines is 1. The number of H-pyrrole nitrogens is 1. The number of nitrogens with zero attached hydrogens (tertiary/aromatic N) is 2. The number of aromatic amines is 1. The smallest absolute Gasteiger partial charge is 0.130 e. The van der Waals surface area contributed by atoms with Gasteiger partial charge >= 0.3 is 0 Å². The van der Waals surface area contributed by atoms with Crippen molar-refractivity contribution in [1.82, 2.24) is 9.97 Å². The molecule has 0 amide bonds. The van der Waals surface area contributed by atoms with E-state index in [2.05, 4.69) is 14.9 Å². The van der Waals surface area contributed by atoms with Crippen LogP contribution in [0.15, 0.2) is 53.7 Å². The SMILES string of the molecule is COc1ccc2c(c1)S[C@H](c1ccc(F)cc1F)CCN2Cc1ncc[nH]1. The van der Waals surface area contributed by atoms with Crippen LogP contribution in [-0.4, -0.2) is 23.6 Å². The first kappa shape index (κ1) is 17.9. The van der Waals surface area contributed by atoms with Crippen molar-refractivity contribution < 1.29 is 13.5 Å². The van der Waals surface area contributed by atoms with Gasteiger partial charge in [-0.1, -0.05) is 6.07 Å². The number of aromatic nitrogens is 2. The second-order valence-corrected chi connectivity index (χ2v) is 7.60. The summed E-state index contributed by atoms with van der Waals surface area (Å²) in [5.41, 5.74) is 1.58. The highest BCUT2D eigenvalue weighted by molar-refractivity contribution is 7.99. The number of fused-ring (bicyclic) bond motifs is 1. The fourth-order valence-electron chi connectivity index (χ4n) is 3.29. The molecule has 0 fully saturated rings. The molecular weight excluding hydrogens is 368 g/mol. The summed E-state index contributed by atoms with van der Waals surface area (Å²) < 4.78 is 33.1. The number of hydrogen-bond acceptors (Lipinski definition) is 4. The number of nitrogens with one attached hydrogen (secondary N) is 1. The lowest BCUT2D eigenvalue weighted by Crippen LogP contribution is -2.24. The van der Waals surface area contributed by atoms with Gasteiger partial charge in [0.25, 0.3) is 0 Å². The summed E-state index contributed by atoms with van der Waals surface area (Å²) in [6.07, 6.45) is 4.26. The van der Waals surface area contributed by atoms with Gasteiger partial charge in [0.15, 0.2) is 0 Å². The maximum atomic E-state index is 14.4. The first-order valence-electron chi connectivity index (χ1n) is 8.67. The zero-order valence-electron chi connectivity index (χ0n) is 14.8. The van der Waals surface area contributed by atoms with Crippen molar-refractivity contribution in [2.45, 2.75) is 23.1 Å². The molecule has 4 nitrogen and oxygen atoms in total. The Labute approximate surface area is 160 Å². The number of rotatable bonds is 4.